The first-order valence-corrected chi connectivity index (χ1v) is 4.04. The highest BCUT2D eigenvalue weighted by atomic mass is 16.4. The number of nitrogens with zero attached hydrogens (tertiary/aromatic N) is 1. The van der Waals surface area contributed by atoms with Gasteiger partial charge >= 0.3 is 0 Å². The van der Waals surface area contributed by atoms with E-state index in [1.165, 1.54) is 0 Å². The lowest BCUT2D eigenvalue weighted by atomic mass is 10.2. The Kier molecular flexibility index (Phi) is 2.84. The lowest BCUT2D eigenvalue weighted by molar-refractivity contribution is -0.357. The molecule has 1 aliphatic rings. The van der Waals surface area contributed by atoms with E-state index in [9.17, 15) is 14.7 Å². The lowest BCUT2D eigenvalue weighted by Gasteiger charge is -2.23. The summed E-state index contributed by atoms with van der Waals surface area (Å²) in [7, 11) is 0. The summed E-state index contributed by atoms with van der Waals surface area (Å²) in [6, 6.07) is -0.996. The topological polar surface area (TPSA) is 108 Å². The molecule has 1 saturated heterocycles. The number of likely N-dealkylation sites (tertiary alicyclic amines) is 1. The van der Waals surface area contributed by atoms with Gasteiger partial charge in [0.1, 0.15) is 0 Å². The quantitative estimate of drug-likeness (QED) is 0.459. The molecule has 1 rings (SSSR count). The summed E-state index contributed by atoms with van der Waals surface area (Å²) >= 11 is 0. The van der Waals surface area contributed by atoms with Crippen molar-refractivity contribution >= 4 is 11.9 Å². The minimum atomic E-state index is -1.32. The second-order valence-electron chi connectivity index (χ2n) is 3.02. The van der Waals surface area contributed by atoms with Crippen molar-refractivity contribution in [2.24, 2.45) is 0 Å². The van der Waals surface area contributed by atoms with Gasteiger partial charge in [0.25, 0.3) is 5.91 Å². The second-order valence-corrected chi connectivity index (χ2v) is 3.02. The van der Waals surface area contributed by atoms with Crippen LogP contribution < -0.4 is 10.8 Å². The van der Waals surface area contributed by atoms with Crippen molar-refractivity contribution in [1.29, 1.82) is 0 Å². The highest BCUT2D eigenvalue weighted by Crippen LogP contribution is 2.16. The molecule has 4 N–H and O–H groups in total. The summed E-state index contributed by atoms with van der Waals surface area (Å²) in [6.07, 6.45) is -0.716. The number of rotatable bonds is 2. The Morgan fingerprint density at radius 1 is 1.62 bits per heavy atom. The molecule has 0 aromatic heterocycles. The Balaban J connectivity index is 2.71. The van der Waals surface area contributed by atoms with E-state index in [2.05, 4.69) is 5.73 Å². The maximum Gasteiger partial charge on any atom is 0.278 e. The Morgan fingerprint density at radius 3 is 2.69 bits per heavy atom. The molecule has 2 atom stereocenters. The first kappa shape index (κ1) is 9.94. The molecule has 0 saturated carbocycles. The van der Waals surface area contributed by atoms with Crippen molar-refractivity contribution in [2.45, 2.75) is 18.6 Å². The van der Waals surface area contributed by atoms with Crippen molar-refractivity contribution < 1.29 is 25.5 Å². The molecular weight excluding hydrogens is 176 g/mol. The van der Waals surface area contributed by atoms with Gasteiger partial charge in [-0.3, -0.25) is 4.79 Å². The zero-order valence-electron chi connectivity index (χ0n) is 7.10. The number of carbonyl (C=O) groups is 2. The Morgan fingerprint density at radius 2 is 2.23 bits per heavy atom. The van der Waals surface area contributed by atoms with Gasteiger partial charge in [-0.15, -0.1) is 0 Å². The number of hydrogen-bond donors (Lipinski definition) is 2. The van der Waals surface area contributed by atoms with Crippen LogP contribution in [0, 0.1) is 0 Å². The van der Waals surface area contributed by atoms with Crippen molar-refractivity contribution in [3.63, 3.8) is 0 Å². The molecule has 1 heterocycles. The normalized spacial score (nSPS) is 27.7. The van der Waals surface area contributed by atoms with Gasteiger partial charge < -0.3 is 25.6 Å². The van der Waals surface area contributed by atoms with E-state index in [1.54, 1.807) is 0 Å². The molecule has 0 aromatic rings. The molecule has 6 heteroatoms. The maximum atomic E-state index is 11.1. The van der Waals surface area contributed by atoms with Gasteiger partial charge in [-0.25, -0.2) is 0 Å². The molecule has 74 valence electrons. The van der Waals surface area contributed by atoms with Gasteiger partial charge in [-0.2, -0.15) is 0 Å². The third-order valence-electron chi connectivity index (χ3n) is 2.09. The average molecular weight is 188 g/mol. The molecule has 0 aromatic carbocycles. The molecule has 1 fully saturated rings. The molecule has 1 amide bonds. The van der Waals surface area contributed by atoms with Gasteiger partial charge in [0.2, 0.25) is 0 Å². The van der Waals surface area contributed by atoms with Crippen LogP contribution in [-0.2, 0) is 9.59 Å². The van der Waals surface area contributed by atoms with Crippen molar-refractivity contribution in [1.82, 2.24) is 4.90 Å². The van der Waals surface area contributed by atoms with Gasteiger partial charge in [0, 0.05) is 13.0 Å². The number of carbonyl (C=O) groups excluding carboxylic acids is 2. The predicted molar refractivity (Wildman–Crippen MR) is 38.9 cm³/mol. The highest BCUT2D eigenvalue weighted by Gasteiger charge is 2.34. The van der Waals surface area contributed by atoms with Gasteiger partial charge in [-0.05, 0) is 0 Å². The third-order valence-corrected chi connectivity index (χ3v) is 2.09. The molecular formula is C7H12N2O4. The molecule has 13 heavy (non-hydrogen) atoms. The van der Waals surface area contributed by atoms with Gasteiger partial charge in [0.05, 0.1) is 18.1 Å². The summed E-state index contributed by atoms with van der Waals surface area (Å²) in [5.41, 5.74) is 3.36. The van der Waals surface area contributed by atoms with Crippen molar-refractivity contribution in [2.75, 3.05) is 13.1 Å². The number of β-amino-alcohol motifs (C(OH)–C–C–N with tert-alkyl or cyclic N) is 1. The van der Waals surface area contributed by atoms with Gasteiger partial charge in [0.15, 0.2) is 6.54 Å². The molecule has 1 aliphatic heterocycles. The van der Waals surface area contributed by atoms with Crippen LogP contribution in [0.5, 0.6) is 0 Å². The Hall–Kier alpha value is -1.14. The number of amides is 1. The van der Waals surface area contributed by atoms with E-state index in [1.807, 2.05) is 0 Å². The van der Waals surface area contributed by atoms with E-state index in [0.29, 0.717) is 0 Å². The van der Waals surface area contributed by atoms with E-state index in [-0.39, 0.29) is 25.4 Å². The fraction of sp³-hybridized carbons (Fsp3) is 0.714. The molecule has 0 unspecified atom stereocenters. The third kappa shape index (κ3) is 1.96. The maximum absolute atomic E-state index is 11.1. The van der Waals surface area contributed by atoms with Gasteiger partial charge in [-0.1, -0.05) is 0 Å². The van der Waals surface area contributed by atoms with E-state index < -0.39 is 18.1 Å². The standard InChI is InChI=1S/C7H12N2O4/c8-2-6(11)9-3-4(10)1-5(9)7(12)13/h4-5,10H,1-3,8H2,(H,12,13)/t4-,5+/m0/s1. The van der Waals surface area contributed by atoms with Crippen molar-refractivity contribution in [3.05, 3.63) is 0 Å². The summed E-state index contributed by atoms with van der Waals surface area (Å²) in [4.78, 5) is 22.8. The summed E-state index contributed by atoms with van der Waals surface area (Å²) < 4.78 is 0. The Labute approximate surface area is 74.9 Å². The second kappa shape index (κ2) is 3.71. The molecule has 0 aliphatic carbocycles. The van der Waals surface area contributed by atoms with Crippen LogP contribution in [0.1, 0.15) is 6.42 Å². The van der Waals surface area contributed by atoms with E-state index in [4.69, 9.17) is 5.11 Å². The fourth-order valence-electron chi connectivity index (χ4n) is 1.46. The lowest BCUT2D eigenvalue weighted by Crippen LogP contribution is -2.60. The number of aliphatic hydroxyl groups excluding tert-OH is 1. The SMILES string of the molecule is [NH3+]CC(=O)N1C[C@@H](O)C[C@@H]1C(=O)[O-]. The van der Waals surface area contributed by atoms with Crippen LogP contribution in [-0.4, -0.2) is 47.1 Å². The minimum Gasteiger partial charge on any atom is -0.548 e. The summed E-state index contributed by atoms with van der Waals surface area (Å²) in [6.45, 7) is 0.0590. The highest BCUT2D eigenvalue weighted by molar-refractivity contribution is 5.84. The number of carboxylic acid groups (broad SMARTS) is 1. The molecule has 6 nitrogen and oxygen atoms in total. The molecule has 0 radical (unpaired) electrons. The van der Waals surface area contributed by atoms with Crippen LogP contribution in [0.4, 0.5) is 0 Å². The molecule has 0 bridgehead atoms. The zero-order chi connectivity index (χ0) is 10.0. The Bertz CT molecular complexity index is 231. The predicted octanol–water partition coefficient (Wildman–Crippen LogP) is -4.06. The number of hydrogen-bond acceptors (Lipinski definition) is 4. The number of carboxylic acids is 1. The van der Waals surface area contributed by atoms with Crippen molar-refractivity contribution in [3.8, 4) is 0 Å². The van der Waals surface area contributed by atoms with Crippen LogP contribution in [0.3, 0.4) is 0 Å². The zero-order valence-corrected chi connectivity index (χ0v) is 7.10. The number of quaternary nitrogens is 1. The largest absolute Gasteiger partial charge is 0.548 e. The van der Waals surface area contributed by atoms with Crippen LogP contribution in [0.25, 0.3) is 0 Å². The summed E-state index contributed by atoms with van der Waals surface area (Å²) in [5, 5.41) is 19.7. The summed E-state index contributed by atoms with van der Waals surface area (Å²) in [5.74, 6) is -1.69. The minimum absolute atomic E-state index is 0.00347. The number of aliphatic carboxylic acids is 1. The van der Waals surface area contributed by atoms with Crippen LogP contribution in [0.15, 0.2) is 0 Å². The van der Waals surface area contributed by atoms with Crippen LogP contribution >= 0.6 is 0 Å². The smallest absolute Gasteiger partial charge is 0.278 e. The first-order chi connectivity index (χ1) is 6.06. The molecule has 0 spiro atoms. The fourth-order valence-corrected chi connectivity index (χ4v) is 1.46. The van der Waals surface area contributed by atoms with E-state index in [0.717, 1.165) is 4.90 Å². The first-order valence-electron chi connectivity index (χ1n) is 4.04. The monoisotopic (exact) mass is 188 g/mol. The average Bonchev–Trinajstić information content (AvgIpc) is 2.46. The number of aliphatic hydroxyl groups is 1. The van der Waals surface area contributed by atoms with E-state index >= 15 is 0 Å². The van der Waals surface area contributed by atoms with Crippen LogP contribution in [0.2, 0.25) is 0 Å².